The molecule has 1 fully saturated rings. The molecule has 1 aliphatic heterocycles. The van der Waals surface area contributed by atoms with Crippen LogP contribution in [-0.4, -0.2) is 78.9 Å². The third kappa shape index (κ3) is 6.15. The maximum absolute atomic E-state index is 13.9. The molecule has 212 valence electrons. The monoisotopic (exact) mass is 566 g/mol. The van der Waals surface area contributed by atoms with Crippen LogP contribution in [0.25, 0.3) is 11.4 Å². The van der Waals surface area contributed by atoms with Gasteiger partial charge >= 0.3 is 5.97 Å². The highest BCUT2D eigenvalue weighted by Crippen LogP contribution is 2.26. The molecule has 1 aromatic heterocycles. The first kappa shape index (κ1) is 29.2. The van der Waals surface area contributed by atoms with E-state index in [9.17, 15) is 18.0 Å². The summed E-state index contributed by atoms with van der Waals surface area (Å²) in [6.45, 7) is 7.76. The van der Waals surface area contributed by atoms with Crippen molar-refractivity contribution in [3.63, 3.8) is 0 Å². The second kappa shape index (κ2) is 12.1. The smallest absolute Gasteiger partial charge is 0.342 e. The van der Waals surface area contributed by atoms with Gasteiger partial charge in [0.2, 0.25) is 10.0 Å². The van der Waals surface area contributed by atoms with Gasteiger partial charge in [0, 0.05) is 31.2 Å². The lowest BCUT2D eigenvalue weighted by molar-refractivity contribution is 0.0447. The fourth-order valence-electron chi connectivity index (χ4n) is 4.52. The van der Waals surface area contributed by atoms with Gasteiger partial charge in [-0.3, -0.25) is 4.79 Å². The minimum Gasteiger partial charge on any atom is -0.497 e. The summed E-state index contributed by atoms with van der Waals surface area (Å²) in [5.41, 5.74) is 0.996. The largest absolute Gasteiger partial charge is 0.497 e. The summed E-state index contributed by atoms with van der Waals surface area (Å²) >= 11 is 0. The van der Waals surface area contributed by atoms with E-state index in [4.69, 9.17) is 9.47 Å². The van der Waals surface area contributed by atoms with Crippen LogP contribution < -0.4 is 4.74 Å². The molecule has 1 amide bonds. The number of hydrogen-bond acceptors (Lipinski definition) is 8. The van der Waals surface area contributed by atoms with Gasteiger partial charge in [0.25, 0.3) is 5.91 Å². The van der Waals surface area contributed by atoms with Crippen LogP contribution in [0.15, 0.2) is 59.5 Å². The van der Waals surface area contributed by atoms with E-state index in [-0.39, 0.29) is 48.3 Å². The number of carbonyl (C=O) groups excluding carboxylic acids is 2. The standard InChI is InChI=1S/C29H34N4O6S/c1-19(2)18-39-29(35)25-21(4)30-27(22-9-7-6-8-10-22)31-26(25)28(34)32-15-16-33(20(3)17-32)40(36,37)24-13-11-23(38-5)12-14-24/h6-14,19-20H,15-18H2,1-5H3. The van der Waals surface area contributed by atoms with Gasteiger partial charge in [-0.1, -0.05) is 44.2 Å². The number of aromatic nitrogens is 2. The van der Waals surface area contributed by atoms with Crippen molar-refractivity contribution in [3.8, 4) is 17.1 Å². The van der Waals surface area contributed by atoms with Crippen LogP contribution in [0.5, 0.6) is 5.75 Å². The topological polar surface area (TPSA) is 119 Å². The number of sulfonamides is 1. The Hall–Kier alpha value is -3.83. The lowest BCUT2D eigenvalue weighted by atomic mass is 10.1. The van der Waals surface area contributed by atoms with E-state index >= 15 is 0 Å². The van der Waals surface area contributed by atoms with Crippen molar-refractivity contribution in [2.45, 2.75) is 38.6 Å². The number of piperazine rings is 1. The summed E-state index contributed by atoms with van der Waals surface area (Å²) in [5, 5.41) is 0. The second-order valence-electron chi connectivity index (χ2n) is 10.1. The zero-order valence-corrected chi connectivity index (χ0v) is 24.1. The predicted octanol–water partition coefficient (Wildman–Crippen LogP) is 3.81. The molecule has 0 radical (unpaired) electrons. The minimum absolute atomic E-state index is 0.0197. The van der Waals surface area contributed by atoms with Crippen LogP contribution in [0.1, 0.15) is 47.3 Å². The molecule has 2 heterocycles. The Labute approximate surface area is 235 Å². The van der Waals surface area contributed by atoms with E-state index in [1.54, 1.807) is 26.0 Å². The number of nitrogens with zero attached hydrogens (tertiary/aromatic N) is 4. The van der Waals surface area contributed by atoms with Gasteiger partial charge in [-0.05, 0) is 44.0 Å². The van der Waals surface area contributed by atoms with Crippen molar-refractivity contribution in [3.05, 3.63) is 71.5 Å². The van der Waals surface area contributed by atoms with E-state index < -0.39 is 27.9 Å². The lowest BCUT2D eigenvalue weighted by Gasteiger charge is -2.39. The molecule has 0 bridgehead atoms. The fourth-order valence-corrected chi connectivity index (χ4v) is 6.13. The van der Waals surface area contributed by atoms with Gasteiger partial charge in [0.05, 0.1) is 24.3 Å². The molecule has 2 aromatic carbocycles. The molecule has 40 heavy (non-hydrogen) atoms. The van der Waals surface area contributed by atoms with E-state index in [2.05, 4.69) is 9.97 Å². The normalized spacial score (nSPS) is 16.1. The van der Waals surface area contributed by atoms with E-state index in [1.165, 1.54) is 28.4 Å². The summed E-state index contributed by atoms with van der Waals surface area (Å²) in [4.78, 5) is 37.7. The first-order valence-corrected chi connectivity index (χ1v) is 14.5. The number of amides is 1. The number of benzene rings is 2. The summed E-state index contributed by atoms with van der Waals surface area (Å²) < 4.78 is 38.7. The Morgan fingerprint density at radius 1 is 1.02 bits per heavy atom. The average molecular weight is 567 g/mol. The van der Waals surface area contributed by atoms with Crippen LogP contribution in [-0.2, 0) is 14.8 Å². The average Bonchev–Trinajstić information content (AvgIpc) is 2.95. The predicted molar refractivity (Wildman–Crippen MR) is 150 cm³/mol. The van der Waals surface area contributed by atoms with Gasteiger partial charge in [0.15, 0.2) is 5.82 Å². The van der Waals surface area contributed by atoms with Crippen LogP contribution in [0.2, 0.25) is 0 Å². The highest BCUT2D eigenvalue weighted by molar-refractivity contribution is 7.89. The first-order valence-electron chi connectivity index (χ1n) is 13.1. The number of ether oxygens (including phenoxy) is 2. The van der Waals surface area contributed by atoms with E-state index in [0.717, 1.165) is 0 Å². The Balaban J connectivity index is 1.63. The molecule has 11 heteroatoms. The molecular weight excluding hydrogens is 532 g/mol. The van der Waals surface area contributed by atoms with Gasteiger partial charge in [-0.25, -0.2) is 23.2 Å². The lowest BCUT2D eigenvalue weighted by Crippen LogP contribution is -2.55. The highest BCUT2D eigenvalue weighted by atomic mass is 32.2. The molecule has 0 spiro atoms. The molecule has 4 rings (SSSR count). The number of esters is 1. The Bertz CT molecular complexity index is 1480. The Morgan fingerprint density at radius 3 is 2.30 bits per heavy atom. The third-order valence-electron chi connectivity index (χ3n) is 6.60. The van der Waals surface area contributed by atoms with Gasteiger partial charge < -0.3 is 14.4 Å². The number of aryl methyl sites for hydroxylation is 1. The molecule has 0 aliphatic carbocycles. The minimum atomic E-state index is -3.80. The van der Waals surface area contributed by atoms with E-state index in [1.807, 2.05) is 44.2 Å². The molecule has 1 atom stereocenters. The molecule has 1 unspecified atom stereocenters. The van der Waals surface area contributed by atoms with Crippen molar-refractivity contribution in [1.29, 1.82) is 0 Å². The van der Waals surface area contributed by atoms with Gasteiger partial charge in [-0.15, -0.1) is 0 Å². The number of rotatable bonds is 8. The third-order valence-corrected chi connectivity index (χ3v) is 8.62. The fraction of sp³-hybridized carbons (Fsp3) is 0.379. The molecule has 10 nitrogen and oxygen atoms in total. The van der Waals surface area contributed by atoms with Gasteiger partial charge in [-0.2, -0.15) is 4.31 Å². The quantitative estimate of drug-likeness (QED) is 0.378. The summed E-state index contributed by atoms with van der Waals surface area (Å²) in [6.07, 6.45) is 0. The summed E-state index contributed by atoms with van der Waals surface area (Å²) in [5.74, 6) is -0.166. The second-order valence-corrected chi connectivity index (χ2v) is 12.0. The van der Waals surface area contributed by atoms with Crippen LogP contribution in [0.3, 0.4) is 0 Å². The molecule has 1 saturated heterocycles. The number of hydrogen-bond donors (Lipinski definition) is 0. The van der Waals surface area contributed by atoms with Crippen molar-refractivity contribution in [2.24, 2.45) is 5.92 Å². The van der Waals surface area contributed by atoms with Crippen LogP contribution >= 0.6 is 0 Å². The highest BCUT2D eigenvalue weighted by Gasteiger charge is 2.37. The number of carbonyl (C=O) groups is 2. The summed E-state index contributed by atoms with van der Waals surface area (Å²) in [7, 11) is -2.28. The van der Waals surface area contributed by atoms with Crippen molar-refractivity contribution >= 4 is 21.9 Å². The maximum Gasteiger partial charge on any atom is 0.342 e. The summed E-state index contributed by atoms with van der Waals surface area (Å²) in [6, 6.07) is 14.9. The first-order chi connectivity index (χ1) is 19.0. The van der Waals surface area contributed by atoms with Crippen LogP contribution in [0.4, 0.5) is 0 Å². The molecule has 0 N–H and O–H groups in total. The molecule has 0 saturated carbocycles. The zero-order valence-electron chi connectivity index (χ0n) is 23.3. The zero-order chi connectivity index (χ0) is 29.0. The van der Waals surface area contributed by atoms with Crippen molar-refractivity contribution in [2.75, 3.05) is 33.4 Å². The Morgan fingerprint density at radius 2 is 1.70 bits per heavy atom. The van der Waals surface area contributed by atoms with E-state index in [0.29, 0.717) is 22.8 Å². The Kier molecular flexibility index (Phi) is 8.85. The van der Waals surface area contributed by atoms with Crippen molar-refractivity contribution < 1.29 is 27.5 Å². The maximum atomic E-state index is 13.9. The SMILES string of the molecule is COc1ccc(S(=O)(=O)N2CCN(C(=O)c3nc(-c4ccccc4)nc(C)c3C(=O)OCC(C)C)CC2C)cc1. The number of methoxy groups -OCH3 is 1. The molecule has 3 aromatic rings. The molecular formula is C29H34N4O6S. The van der Waals surface area contributed by atoms with Gasteiger partial charge in [0.1, 0.15) is 17.0 Å². The molecule has 1 aliphatic rings. The van der Waals surface area contributed by atoms with Crippen molar-refractivity contribution in [1.82, 2.24) is 19.2 Å². The van der Waals surface area contributed by atoms with Crippen LogP contribution in [0, 0.1) is 12.8 Å².